The first-order chi connectivity index (χ1) is 19.0. The van der Waals surface area contributed by atoms with Gasteiger partial charge in [-0.2, -0.15) is 0 Å². The molecule has 0 N–H and O–H groups in total. The number of fused-ring (bicyclic) bond motifs is 7. The lowest BCUT2D eigenvalue weighted by atomic mass is 9.64. The van der Waals surface area contributed by atoms with Crippen LogP contribution >= 0.6 is 11.6 Å². The molecule has 7 heteroatoms. The van der Waals surface area contributed by atoms with Gasteiger partial charge in [0, 0.05) is 21.9 Å². The Morgan fingerprint density at radius 1 is 0.846 bits per heavy atom. The van der Waals surface area contributed by atoms with Gasteiger partial charge >= 0.3 is 5.97 Å². The molecule has 2 amide bonds. The highest BCUT2D eigenvalue weighted by Gasteiger charge is 2.60. The molecule has 39 heavy (non-hydrogen) atoms. The van der Waals surface area contributed by atoms with Gasteiger partial charge in [0.2, 0.25) is 11.8 Å². The number of carbonyl (C=O) groups excluding carboxylic acids is 3. The van der Waals surface area contributed by atoms with E-state index in [1.54, 1.807) is 31.4 Å². The Kier molecular flexibility index (Phi) is 5.35. The van der Waals surface area contributed by atoms with Crippen molar-refractivity contribution in [3.8, 4) is 11.5 Å². The molecule has 7 rings (SSSR count). The molecule has 1 fully saturated rings. The summed E-state index contributed by atoms with van der Waals surface area (Å²) in [7, 11) is 1.59. The van der Waals surface area contributed by atoms with Crippen LogP contribution in [0.5, 0.6) is 11.5 Å². The Morgan fingerprint density at radius 2 is 1.62 bits per heavy atom. The predicted octanol–water partition coefficient (Wildman–Crippen LogP) is 6.02. The third-order valence-electron chi connectivity index (χ3n) is 8.05. The van der Waals surface area contributed by atoms with Crippen molar-refractivity contribution in [3.05, 3.63) is 107 Å². The molecule has 0 spiro atoms. The lowest BCUT2D eigenvalue weighted by Gasteiger charge is -2.38. The van der Waals surface area contributed by atoms with Gasteiger partial charge in [-0.15, -0.1) is 0 Å². The minimum atomic E-state index is -0.921. The van der Waals surface area contributed by atoms with Gasteiger partial charge < -0.3 is 9.47 Å². The number of rotatable bonds is 3. The molecule has 3 aliphatic rings. The van der Waals surface area contributed by atoms with Gasteiger partial charge in [0.15, 0.2) is 0 Å². The van der Waals surface area contributed by atoms with E-state index in [9.17, 15) is 14.4 Å². The van der Waals surface area contributed by atoms with Crippen LogP contribution in [0.15, 0.2) is 91.0 Å². The highest BCUT2D eigenvalue weighted by Crippen LogP contribution is 2.55. The number of amides is 2. The summed E-state index contributed by atoms with van der Waals surface area (Å²) in [4.78, 5) is 42.9. The molecule has 0 radical (unpaired) electrons. The summed E-state index contributed by atoms with van der Waals surface area (Å²) in [6.45, 7) is 0. The van der Waals surface area contributed by atoms with Crippen molar-refractivity contribution in [2.24, 2.45) is 17.8 Å². The fraction of sp³-hybridized carbons (Fsp3) is 0.156. The van der Waals surface area contributed by atoms with Crippen molar-refractivity contribution in [3.63, 3.8) is 0 Å². The number of esters is 1. The maximum Gasteiger partial charge on any atom is 0.319 e. The van der Waals surface area contributed by atoms with Crippen molar-refractivity contribution in [2.45, 2.75) is 5.92 Å². The number of hydrogen-bond donors (Lipinski definition) is 0. The van der Waals surface area contributed by atoms with Crippen molar-refractivity contribution in [1.82, 2.24) is 0 Å². The molecular formula is C32H22ClNO5. The number of allylic oxidation sites excluding steroid dienone is 1. The molecule has 2 heterocycles. The highest BCUT2D eigenvalue weighted by atomic mass is 35.5. The second-order valence-corrected chi connectivity index (χ2v) is 10.5. The number of methoxy groups -OCH3 is 1. The molecule has 1 saturated heterocycles. The average molecular weight is 536 g/mol. The smallest absolute Gasteiger partial charge is 0.319 e. The fourth-order valence-electron chi connectivity index (χ4n) is 6.31. The molecule has 2 aliphatic heterocycles. The van der Waals surface area contributed by atoms with E-state index in [0.717, 1.165) is 21.9 Å². The first kappa shape index (κ1) is 23.7. The number of anilines is 1. The summed E-state index contributed by atoms with van der Waals surface area (Å²) in [6.07, 6.45) is 1.98. The summed E-state index contributed by atoms with van der Waals surface area (Å²) in [5, 5.41) is 2.18. The summed E-state index contributed by atoms with van der Waals surface area (Å²) in [5.41, 5.74) is 2.71. The zero-order chi connectivity index (χ0) is 26.8. The van der Waals surface area contributed by atoms with E-state index in [-0.39, 0.29) is 5.91 Å². The van der Waals surface area contributed by atoms with Crippen LogP contribution in [0, 0.1) is 17.8 Å². The molecule has 4 aromatic rings. The van der Waals surface area contributed by atoms with Gasteiger partial charge in [-0.05, 0) is 46.9 Å². The molecule has 0 aromatic heterocycles. The minimum Gasteiger partial charge on any atom is -0.497 e. The molecule has 6 nitrogen and oxygen atoms in total. The highest BCUT2D eigenvalue weighted by molar-refractivity contribution is 6.31. The average Bonchev–Trinajstić information content (AvgIpc) is 3.22. The van der Waals surface area contributed by atoms with Crippen LogP contribution in [-0.4, -0.2) is 24.9 Å². The number of benzene rings is 4. The number of halogens is 1. The molecule has 192 valence electrons. The molecule has 4 aromatic carbocycles. The van der Waals surface area contributed by atoms with E-state index in [0.29, 0.717) is 27.8 Å². The Hall–Kier alpha value is -4.42. The molecule has 1 aliphatic carbocycles. The third-order valence-corrected chi connectivity index (χ3v) is 8.29. The number of hydrogen-bond acceptors (Lipinski definition) is 5. The van der Waals surface area contributed by atoms with Crippen LogP contribution in [0.2, 0.25) is 5.02 Å². The first-order valence-electron chi connectivity index (χ1n) is 12.7. The van der Waals surface area contributed by atoms with Crippen LogP contribution in [0.25, 0.3) is 16.3 Å². The number of imide groups is 1. The zero-order valence-corrected chi connectivity index (χ0v) is 21.6. The van der Waals surface area contributed by atoms with Gasteiger partial charge in [-0.25, -0.2) is 4.90 Å². The van der Waals surface area contributed by atoms with Gasteiger partial charge in [0.1, 0.15) is 11.5 Å². The quantitative estimate of drug-likeness (QED) is 0.182. The molecule has 0 bridgehead atoms. The van der Waals surface area contributed by atoms with E-state index >= 15 is 0 Å². The van der Waals surface area contributed by atoms with Gasteiger partial charge in [-0.3, -0.25) is 14.4 Å². The monoisotopic (exact) mass is 535 g/mol. The van der Waals surface area contributed by atoms with E-state index in [1.165, 1.54) is 4.90 Å². The van der Waals surface area contributed by atoms with Crippen LogP contribution in [-0.2, 0) is 14.4 Å². The molecule has 0 unspecified atom stereocenters. The van der Waals surface area contributed by atoms with Crippen LogP contribution in [0.1, 0.15) is 17.0 Å². The van der Waals surface area contributed by atoms with Crippen LogP contribution in [0.3, 0.4) is 0 Å². The minimum absolute atomic E-state index is 0.361. The van der Waals surface area contributed by atoms with Crippen LogP contribution < -0.4 is 14.4 Å². The standard InChI is InChI=1S/C32H22ClNO5/c1-38-21-12-9-18(10-13-21)24-16-25-23-14-11-17-5-2-3-8-22(17)29(23)39-32(37)27(25)28-26(24)30(35)34(31(28)36)20-7-4-6-19(33)15-20/h2-16,24,26-28H,1H3/t24-,26-,27-,28-/m0/s1. The van der Waals surface area contributed by atoms with Crippen molar-refractivity contribution >= 4 is 51.4 Å². The Bertz CT molecular complexity index is 1730. The van der Waals surface area contributed by atoms with Gasteiger partial charge in [-0.1, -0.05) is 72.3 Å². The van der Waals surface area contributed by atoms with Gasteiger partial charge in [0.25, 0.3) is 0 Å². The molecular weight excluding hydrogens is 514 g/mol. The van der Waals surface area contributed by atoms with E-state index < -0.39 is 35.5 Å². The topological polar surface area (TPSA) is 72.9 Å². The number of nitrogens with zero attached hydrogens (tertiary/aromatic N) is 1. The maximum absolute atomic E-state index is 14.1. The predicted molar refractivity (Wildman–Crippen MR) is 148 cm³/mol. The zero-order valence-electron chi connectivity index (χ0n) is 20.8. The maximum atomic E-state index is 14.1. The summed E-state index contributed by atoms with van der Waals surface area (Å²) in [6, 6.07) is 25.7. The van der Waals surface area contributed by atoms with Crippen molar-refractivity contribution < 1.29 is 23.9 Å². The Labute approximate surface area is 229 Å². The number of carbonyl (C=O) groups is 3. The second-order valence-electron chi connectivity index (χ2n) is 10.0. The van der Waals surface area contributed by atoms with E-state index in [2.05, 4.69) is 0 Å². The summed E-state index contributed by atoms with van der Waals surface area (Å²) in [5.74, 6) is -3.20. The summed E-state index contributed by atoms with van der Waals surface area (Å²) >= 11 is 6.22. The normalized spacial score (nSPS) is 23.6. The largest absolute Gasteiger partial charge is 0.497 e. The Balaban J connectivity index is 1.44. The van der Waals surface area contributed by atoms with E-state index in [4.69, 9.17) is 21.1 Å². The van der Waals surface area contributed by atoms with Crippen LogP contribution in [0.4, 0.5) is 5.69 Å². The van der Waals surface area contributed by atoms with Gasteiger partial charge in [0.05, 0.1) is 30.6 Å². The lowest BCUT2D eigenvalue weighted by molar-refractivity contribution is -0.142. The SMILES string of the molecule is COc1ccc([C@@H]2C=C3c4ccc5ccccc5c4OC(=O)[C@@H]3[C@H]3C(=O)N(c4cccc(Cl)c4)C(=O)[C@H]32)cc1. The molecule has 4 atom stereocenters. The van der Waals surface area contributed by atoms with Crippen molar-refractivity contribution in [1.29, 1.82) is 0 Å². The molecule has 0 saturated carbocycles. The number of ether oxygens (including phenoxy) is 2. The Morgan fingerprint density at radius 3 is 2.38 bits per heavy atom. The summed E-state index contributed by atoms with van der Waals surface area (Å²) < 4.78 is 11.3. The fourth-order valence-corrected chi connectivity index (χ4v) is 6.49. The van der Waals surface area contributed by atoms with E-state index in [1.807, 2.05) is 66.7 Å². The van der Waals surface area contributed by atoms with Crippen molar-refractivity contribution in [2.75, 3.05) is 12.0 Å². The lowest BCUT2D eigenvalue weighted by Crippen LogP contribution is -2.42. The third kappa shape index (κ3) is 3.52. The second kappa shape index (κ2) is 8.82. The first-order valence-corrected chi connectivity index (χ1v) is 13.1.